The Bertz CT molecular complexity index is 332. The Hall–Kier alpha value is -0.830. The van der Waals surface area contributed by atoms with Crippen LogP contribution >= 0.6 is 21.6 Å². The van der Waals surface area contributed by atoms with Gasteiger partial charge in [-0.1, -0.05) is 23.4 Å². The number of hydrogen-bond donors (Lipinski definition) is 1. The fourth-order valence-corrected chi connectivity index (χ4v) is 2.63. The molecule has 1 rings (SSSR count). The average molecular weight is 238 g/mol. The molecule has 4 heteroatoms. The summed E-state index contributed by atoms with van der Waals surface area (Å²) in [6.45, 7) is 6.45. The summed E-state index contributed by atoms with van der Waals surface area (Å²) >= 11 is 0. The Morgan fingerprint density at radius 3 is 3.13 bits per heavy atom. The molecule has 2 nitrogen and oxygen atoms in total. The quantitative estimate of drug-likeness (QED) is 0.468. The second kappa shape index (κ2) is 7.46. The van der Waals surface area contributed by atoms with E-state index in [0.717, 1.165) is 23.0 Å². The van der Waals surface area contributed by atoms with Crippen LogP contribution in [0.25, 0.3) is 0 Å². The Kier molecular flexibility index (Phi) is 6.09. The molecule has 0 saturated carbocycles. The van der Waals surface area contributed by atoms with Crippen molar-refractivity contribution in [2.24, 2.45) is 0 Å². The highest BCUT2D eigenvalue weighted by Gasteiger charge is 1.94. The van der Waals surface area contributed by atoms with Crippen molar-refractivity contribution in [2.45, 2.75) is 11.9 Å². The van der Waals surface area contributed by atoms with Gasteiger partial charge >= 0.3 is 0 Å². The molecule has 0 spiro atoms. The fraction of sp³-hybridized carbons (Fsp3) is 0.273. The molecule has 15 heavy (non-hydrogen) atoms. The summed E-state index contributed by atoms with van der Waals surface area (Å²) in [6.07, 6.45) is 1.81. The van der Waals surface area contributed by atoms with Crippen molar-refractivity contribution in [2.75, 3.05) is 12.3 Å². The Morgan fingerprint density at radius 2 is 2.47 bits per heavy atom. The molecule has 0 aliphatic carbocycles. The number of hydrogen-bond acceptors (Lipinski definition) is 4. The van der Waals surface area contributed by atoms with E-state index in [4.69, 9.17) is 0 Å². The van der Waals surface area contributed by atoms with Gasteiger partial charge in [0.1, 0.15) is 5.03 Å². The Labute approximate surface area is 98.7 Å². The number of nitrogens with zero attached hydrogens (tertiary/aromatic N) is 1. The fourth-order valence-electron chi connectivity index (χ4n) is 0.841. The number of rotatable bonds is 6. The predicted molar refractivity (Wildman–Crippen MR) is 68.9 cm³/mol. The molecule has 0 saturated heterocycles. The molecular formula is C11H14N2S2. The molecular weight excluding hydrogens is 224 g/mol. The predicted octanol–water partition coefficient (Wildman–Crippen LogP) is 3.10. The summed E-state index contributed by atoms with van der Waals surface area (Å²) in [5.74, 6) is 1.03. The molecule has 0 aliphatic heterocycles. The van der Waals surface area contributed by atoms with Crippen molar-refractivity contribution in [3.63, 3.8) is 0 Å². The molecule has 0 fully saturated rings. The maximum absolute atomic E-state index is 4.22. The molecule has 0 bridgehead atoms. The highest BCUT2D eigenvalue weighted by atomic mass is 33.1. The van der Waals surface area contributed by atoms with Crippen LogP contribution < -0.4 is 5.32 Å². The standard InChI is InChI=1S/C11H14N2S2/c1-3-10(2)12-8-9-14-15-11-6-4-5-7-13-11/h4-7,12H,1,8-9H2,2H3. The van der Waals surface area contributed by atoms with Crippen molar-refractivity contribution in [1.29, 1.82) is 0 Å². The summed E-state index contributed by atoms with van der Waals surface area (Å²) < 4.78 is 0. The van der Waals surface area contributed by atoms with Gasteiger partial charge in [0.05, 0.1) is 5.70 Å². The Balaban J connectivity index is 2.10. The second-order valence-corrected chi connectivity index (χ2v) is 5.24. The summed E-state index contributed by atoms with van der Waals surface area (Å²) in [5.41, 5.74) is 3.80. The molecule has 0 aromatic carbocycles. The number of aromatic nitrogens is 1. The van der Waals surface area contributed by atoms with Gasteiger partial charge in [-0.3, -0.25) is 0 Å². The smallest absolute Gasteiger partial charge is 0.106 e. The van der Waals surface area contributed by atoms with E-state index in [1.807, 2.05) is 31.3 Å². The van der Waals surface area contributed by atoms with Crippen LogP contribution in [0.4, 0.5) is 0 Å². The second-order valence-electron chi connectivity index (χ2n) is 2.80. The van der Waals surface area contributed by atoms with Crippen molar-refractivity contribution >= 4 is 21.6 Å². The molecule has 80 valence electrons. The highest BCUT2D eigenvalue weighted by Crippen LogP contribution is 2.28. The average Bonchev–Trinajstić information content (AvgIpc) is 2.29. The minimum atomic E-state index is 0.929. The summed E-state index contributed by atoms with van der Waals surface area (Å²) in [7, 11) is 3.49. The zero-order chi connectivity index (χ0) is 10.9. The zero-order valence-electron chi connectivity index (χ0n) is 8.69. The van der Waals surface area contributed by atoms with Crippen LogP contribution in [0, 0.1) is 0 Å². The first-order chi connectivity index (χ1) is 7.33. The lowest BCUT2D eigenvalue weighted by Gasteiger charge is -2.03. The number of allylic oxidation sites excluding steroid dienone is 1. The van der Waals surface area contributed by atoms with E-state index in [9.17, 15) is 0 Å². The van der Waals surface area contributed by atoms with Gasteiger partial charge < -0.3 is 5.32 Å². The van der Waals surface area contributed by atoms with Crippen molar-refractivity contribution in [3.8, 4) is 0 Å². The number of pyridine rings is 1. The van der Waals surface area contributed by atoms with Gasteiger partial charge in [-0.2, -0.15) is 0 Å². The molecule has 0 amide bonds. The molecule has 0 aliphatic rings. The van der Waals surface area contributed by atoms with Gasteiger partial charge in [0.2, 0.25) is 0 Å². The van der Waals surface area contributed by atoms with Crippen LogP contribution in [-0.2, 0) is 0 Å². The molecule has 0 radical (unpaired) electrons. The topological polar surface area (TPSA) is 24.9 Å². The van der Waals surface area contributed by atoms with Gasteiger partial charge in [-0.25, -0.2) is 4.98 Å². The van der Waals surface area contributed by atoms with Crippen LogP contribution in [0.1, 0.15) is 6.92 Å². The normalized spacial score (nSPS) is 9.40. The number of nitrogens with one attached hydrogen (secondary N) is 1. The van der Waals surface area contributed by atoms with Crippen molar-refractivity contribution in [3.05, 3.63) is 42.4 Å². The zero-order valence-corrected chi connectivity index (χ0v) is 10.3. The first kappa shape index (κ1) is 12.2. The van der Waals surface area contributed by atoms with Crippen LogP contribution in [0.5, 0.6) is 0 Å². The third kappa shape index (κ3) is 5.57. The third-order valence-electron chi connectivity index (χ3n) is 1.62. The van der Waals surface area contributed by atoms with Crippen LogP contribution in [0.2, 0.25) is 0 Å². The first-order valence-corrected chi connectivity index (χ1v) is 6.96. The van der Waals surface area contributed by atoms with E-state index in [-0.39, 0.29) is 0 Å². The maximum atomic E-state index is 4.22. The monoisotopic (exact) mass is 238 g/mol. The van der Waals surface area contributed by atoms with E-state index >= 15 is 0 Å². The minimum Gasteiger partial charge on any atom is -0.381 e. The van der Waals surface area contributed by atoms with Crippen molar-refractivity contribution < 1.29 is 0 Å². The van der Waals surface area contributed by atoms with Gasteiger partial charge in [0, 0.05) is 18.5 Å². The molecule has 1 aromatic rings. The lowest BCUT2D eigenvalue weighted by Crippen LogP contribution is -2.13. The van der Waals surface area contributed by atoms with E-state index in [1.165, 1.54) is 0 Å². The summed E-state index contributed by atoms with van der Waals surface area (Å²) in [4.78, 5) is 4.22. The maximum Gasteiger partial charge on any atom is 0.106 e. The van der Waals surface area contributed by atoms with Gasteiger partial charge in [0.25, 0.3) is 0 Å². The molecule has 0 atom stereocenters. The first-order valence-electron chi connectivity index (χ1n) is 4.64. The van der Waals surface area contributed by atoms with E-state index < -0.39 is 0 Å². The van der Waals surface area contributed by atoms with Gasteiger partial charge in [0.15, 0.2) is 0 Å². The van der Waals surface area contributed by atoms with Crippen LogP contribution in [0.15, 0.2) is 47.4 Å². The molecule has 1 heterocycles. The highest BCUT2D eigenvalue weighted by molar-refractivity contribution is 8.76. The van der Waals surface area contributed by atoms with E-state index in [0.29, 0.717) is 0 Å². The van der Waals surface area contributed by atoms with Crippen LogP contribution in [-0.4, -0.2) is 17.3 Å². The third-order valence-corrected chi connectivity index (χ3v) is 3.89. The lowest BCUT2D eigenvalue weighted by molar-refractivity contribution is 0.866. The molecule has 1 aromatic heterocycles. The van der Waals surface area contributed by atoms with Gasteiger partial charge in [-0.15, -0.1) is 5.73 Å². The summed E-state index contributed by atoms with van der Waals surface area (Å²) in [5, 5.41) is 4.26. The van der Waals surface area contributed by atoms with Crippen molar-refractivity contribution in [1.82, 2.24) is 10.3 Å². The Morgan fingerprint density at radius 1 is 1.60 bits per heavy atom. The van der Waals surface area contributed by atoms with E-state index in [2.05, 4.69) is 22.6 Å². The molecule has 0 unspecified atom stereocenters. The van der Waals surface area contributed by atoms with Crippen LogP contribution in [0.3, 0.4) is 0 Å². The lowest BCUT2D eigenvalue weighted by atomic mass is 10.5. The summed E-state index contributed by atoms with van der Waals surface area (Å²) in [6, 6.07) is 5.94. The van der Waals surface area contributed by atoms with E-state index in [1.54, 1.807) is 21.6 Å². The van der Waals surface area contributed by atoms with Gasteiger partial charge in [-0.05, 0) is 29.9 Å². The molecule has 1 N–H and O–H groups in total. The minimum absolute atomic E-state index is 0.929. The largest absolute Gasteiger partial charge is 0.381 e. The SMILES string of the molecule is C=C=C(C)NCCSSc1ccccn1.